The van der Waals surface area contributed by atoms with E-state index in [1.807, 2.05) is 32.0 Å². The molecule has 2 aromatic rings. The smallest absolute Gasteiger partial charge is 0.386 e. The van der Waals surface area contributed by atoms with Crippen LogP contribution in [0.15, 0.2) is 30.5 Å². The van der Waals surface area contributed by atoms with Gasteiger partial charge in [-0.3, -0.25) is 4.68 Å². The van der Waals surface area contributed by atoms with Crippen molar-refractivity contribution in [3.63, 3.8) is 0 Å². The van der Waals surface area contributed by atoms with E-state index in [0.29, 0.717) is 5.56 Å². The monoisotopic (exact) mass is 284 g/mol. The zero-order valence-electron chi connectivity index (χ0n) is 11.1. The largest absolute Gasteiger partial charge is 0.435 e. The van der Waals surface area contributed by atoms with Gasteiger partial charge in [-0.2, -0.15) is 18.3 Å². The first-order valence-corrected chi connectivity index (χ1v) is 6.12. The average molecular weight is 284 g/mol. The minimum atomic E-state index is -4.46. The van der Waals surface area contributed by atoms with Crippen LogP contribution in [0.1, 0.15) is 28.5 Å². The predicted octanol–water partition coefficient (Wildman–Crippen LogP) is 3.25. The third-order valence-electron chi connectivity index (χ3n) is 2.92. The Morgan fingerprint density at radius 1 is 1.20 bits per heavy atom. The summed E-state index contributed by atoms with van der Waals surface area (Å²) < 4.78 is 38.4. The van der Waals surface area contributed by atoms with Crippen LogP contribution in [-0.2, 0) is 12.7 Å². The summed E-state index contributed by atoms with van der Waals surface area (Å²) in [7, 11) is 0. The lowest BCUT2D eigenvalue weighted by Gasteiger charge is -2.13. The third kappa shape index (κ3) is 3.39. The summed E-state index contributed by atoms with van der Waals surface area (Å²) in [5.74, 6) is 0. The highest BCUT2D eigenvalue weighted by Crippen LogP contribution is 2.27. The zero-order valence-corrected chi connectivity index (χ0v) is 11.1. The van der Waals surface area contributed by atoms with Gasteiger partial charge in [-0.05, 0) is 25.5 Å². The summed E-state index contributed by atoms with van der Waals surface area (Å²) in [6, 6.07) is 6.48. The maximum atomic E-state index is 12.4. The van der Waals surface area contributed by atoms with Crippen molar-refractivity contribution in [3.05, 3.63) is 52.8 Å². The number of aliphatic hydroxyl groups is 1. The highest BCUT2D eigenvalue weighted by molar-refractivity contribution is 5.29. The van der Waals surface area contributed by atoms with Crippen molar-refractivity contribution in [2.24, 2.45) is 0 Å². The molecule has 0 radical (unpaired) electrons. The van der Waals surface area contributed by atoms with Gasteiger partial charge in [0.25, 0.3) is 0 Å². The van der Waals surface area contributed by atoms with Gasteiger partial charge in [-0.15, -0.1) is 0 Å². The molecule has 108 valence electrons. The van der Waals surface area contributed by atoms with Crippen molar-refractivity contribution in [2.75, 3.05) is 0 Å². The van der Waals surface area contributed by atoms with E-state index in [2.05, 4.69) is 5.10 Å². The normalized spacial score (nSPS) is 13.5. The first kappa shape index (κ1) is 14.6. The summed E-state index contributed by atoms with van der Waals surface area (Å²) in [5.41, 5.74) is 1.71. The predicted molar refractivity (Wildman–Crippen MR) is 68.1 cm³/mol. The summed E-state index contributed by atoms with van der Waals surface area (Å²) in [6.07, 6.45) is -4.14. The molecule has 20 heavy (non-hydrogen) atoms. The number of rotatable bonds is 3. The van der Waals surface area contributed by atoms with Gasteiger partial charge in [0.1, 0.15) is 0 Å². The minimum absolute atomic E-state index is 0.0149. The van der Waals surface area contributed by atoms with Crippen molar-refractivity contribution in [1.82, 2.24) is 9.78 Å². The quantitative estimate of drug-likeness (QED) is 0.939. The molecule has 6 heteroatoms. The SMILES string of the molecule is Cc1cc(C)cc(C(O)Cn2ccc(C(F)(F)F)n2)c1. The van der Waals surface area contributed by atoms with Crippen molar-refractivity contribution in [3.8, 4) is 0 Å². The Balaban J connectivity index is 2.15. The molecule has 0 aliphatic rings. The fourth-order valence-electron chi connectivity index (χ4n) is 2.10. The van der Waals surface area contributed by atoms with Crippen molar-refractivity contribution in [2.45, 2.75) is 32.7 Å². The molecule has 0 fully saturated rings. The van der Waals surface area contributed by atoms with Crippen LogP contribution in [0.2, 0.25) is 0 Å². The lowest BCUT2D eigenvalue weighted by Crippen LogP contribution is -2.12. The Morgan fingerprint density at radius 2 is 1.80 bits per heavy atom. The summed E-state index contributed by atoms with van der Waals surface area (Å²) in [5, 5.41) is 13.5. The van der Waals surface area contributed by atoms with Gasteiger partial charge >= 0.3 is 6.18 Å². The Bertz CT molecular complexity index is 584. The lowest BCUT2D eigenvalue weighted by molar-refractivity contribution is -0.141. The van der Waals surface area contributed by atoms with Gasteiger partial charge in [0, 0.05) is 6.20 Å². The van der Waals surface area contributed by atoms with E-state index in [9.17, 15) is 18.3 Å². The van der Waals surface area contributed by atoms with Gasteiger partial charge in [0.2, 0.25) is 0 Å². The second-order valence-electron chi connectivity index (χ2n) is 4.86. The third-order valence-corrected chi connectivity index (χ3v) is 2.92. The summed E-state index contributed by atoms with van der Waals surface area (Å²) in [4.78, 5) is 0. The molecule has 1 unspecified atom stereocenters. The molecular formula is C14H15F3N2O. The standard InChI is InChI=1S/C14H15F3N2O/c1-9-5-10(2)7-11(6-9)12(20)8-19-4-3-13(18-19)14(15,16)17/h3-7,12,20H,8H2,1-2H3. The number of alkyl halides is 3. The van der Waals surface area contributed by atoms with Gasteiger partial charge in [0.05, 0.1) is 12.6 Å². The fourth-order valence-corrected chi connectivity index (χ4v) is 2.10. The number of hydrogen-bond donors (Lipinski definition) is 1. The van der Waals surface area contributed by atoms with Crippen LogP contribution in [0.3, 0.4) is 0 Å². The van der Waals surface area contributed by atoms with Crippen LogP contribution in [0.5, 0.6) is 0 Å². The van der Waals surface area contributed by atoms with Crippen LogP contribution in [-0.4, -0.2) is 14.9 Å². The van der Waals surface area contributed by atoms with E-state index in [4.69, 9.17) is 0 Å². The molecule has 1 aromatic carbocycles. The van der Waals surface area contributed by atoms with E-state index >= 15 is 0 Å². The molecule has 1 N–H and O–H groups in total. The maximum Gasteiger partial charge on any atom is 0.435 e. The molecule has 0 amide bonds. The molecule has 0 spiro atoms. The molecule has 1 heterocycles. The molecule has 1 aromatic heterocycles. The molecule has 0 aliphatic carbocycles. The van der Waals surface area contributed by atoms with E-state index in [0.717, 1.165) is 21.9 Å². The lowest BCUT2D eigenvalue weighted by atomic mass is 10.0. The summed E-state index contributed by atoms with van der Waals surface area (Å²) in [6.45, 7) is 3.79. The highest BCUT2D eigenvalue weighted by atomic mass is 19.4. The van der Waals surface area contributed by atoms with Gasteiger partial charge in [-0.25, -0.2) is 0 Å². The van der Waals surface area contributed by atoms with Crippen LogP contribution >= 0.6 is 0 Å². The van der Waals surface area contributed by atoms with Crippen molar-refractivity contribution < 1.29 is 18.3 Å². The number of halogens is 3. The van der Waals surface area contributed by atoms with E-state index in [1.54, 1.807) is 0 Å². The molecule has 0 saturated heterocycles. The first-order valence-electron chi connectivity index (χ1n) is 6.12. The topological polar surface area (TPSA) is 38.0 Å². The number of aromatic nitrogens is 2. The van der Waals surface area contributed by atoms with Gasteiger partial charge < -0.3 is 5.11 Å². The Kier molecular flexibility index (Phi) is 3.85. The average Bonchev–Trinajstić information content (AvgIpc) is 2.75. The molecule has 1 atom stereocenters. The van der Waals surface area contributed by atoms with Crippen LogP contribution in [0, 0.1) is 13.8 Å². The van der Waals surface area contributed by atoms with Crippen LogP contribution < -0.4 is 0 Å². The molecule has 0 aliphatic heterocycles. The second kappa shape index (κ2) is 5.28. The fraction of sp³-hybridized carbons (Fsp3) is 0.357. The molecule has 3 nitrogen and oxygen atoms in total. The Morgan fingerprint density at radius 3 is 2.30 bits per heavy atom. The second-order valence-corrected chi connectivity index (χ2v) is 4.86. The number of aliphatic hydroxyl groups excluding tert-OH is 1. The zero-order chi connectivity index (χ0) is 14.9. The van der Waals surface area contributed by atoms with Crippen molar-refractivity contribution in [1.29, 1.82) is 0 Å². The maximum absolute atomic E-state index is 12.4. The van der Waals surface area contributed by atoms with Gasteiger partial charge in [-0.1, -0.05) is 29.3 Å². The Hall–Kier alpha value is -1.82. The molecule has 0 bridgehead atoms. The van der Waals surface area contributed by atoms with E-state index < -0.39 is 18.0 Å². The minimum Gasteiger partial charge on any atom is -0.386 e. The highest BCUT2D eigenvalue weighted by Gasteiger charge is 2.33. The van der Waals surface area contributed by atoms with Crippen molar-refractivity contribution >= 4 is 0 Å². The molecule has 0 saturated carbocycles. The Labute approximate surface area is 114 Å². The van der Waals surface area contributed by atoms with E-state index in [-0.39, 0.29) is 6.54 Å². The van der Waals surface area contributed by atoms with E-state index in [1.165, 1.54) is 6.20 Å². The van der Waals surface area contributed by atoms with Crippen LogP contribution in [0.25, 0.3) is 0 Å². The number of nitrogens with zero attached hydrogens (tertiary/aromatic N) is 2. The first-order chi connectivity index (χ1) is 9.25. The number of aryl methyl sites for hydroxylation is 2. The molecular weight excluding hydrogens is 269 g/mol. The molecule has 2 rings (SSSR count). The number of hydrogen-bond acceptors (Lipinski definition) is 2. The number of benzene rings is 1. The van der Waals surface area contributed by atoms with Crippen LogP contribution in [0.4, 0.5) is 13.2 Å². The summed E-state index contributed by atoms with van der Waals surface area (Å²) >= 11 is 0. The van der Waals surface area contributed by atoms with Gasteiger partial charge in [0.15, 0.2) is 5.69 Å².